The molecule has 2 aliphatic carbocycles. The number of aryl methyl sites for hydroxylation is 1. The summed E-state index contributed by atoms with van der Waals surface area (Å²) in [5.74, 6) is 0.774. The standard InChI is InChI=1S/C31H39N5O6S2/c1-5-42-30(39)26-23-12-9-13-24(23)44-29(26)33-27(37)18(2)43-31-35-34-25(36(31)20-10-7-6-8-11-20)17-32-28(38)19-14-21(40-3)16-22(15-19)41-4/h14-16,18,20H,5-13,17H2,1-4H3,(H,32,38)(H,33,37)/t18-/m0/s1. The SMILES string of the molecule is CCOC(=O)c1c(NC(=O)[C@H](C)Sc2nnc(CNC(=O)c3cc(OC)cc(OC)c3)n2C2CCCCC2)sc2c1CCC2. The van der Waals surface area contributed by atoms with E-state index in [1.165, 1.54) is 43.7 Å². The van der Waals surface area contributed by atoms with E-state index < -0.39 is 11.2 Å². The minimum Gasteiger partial charge on any atom is -0.497 e. The monoisotopic (exact) mass is 641 g/mol. The van der Waals surface area contributed by atoms with Crippen LogP contribution in [0.5, 0.6) is 11.5 Å². The van der Waals surface area contributed by atoms with Crippen LogP contribution in [0.25, 0.3) is 0 Å². The van der Waals surface area contributed by atoms with Gasteiger partial charge in [-0.05, 0) is 63.6 Å². The highest BCUT2D eigenvalue weighted by molar-refractivity contribution is 8.00. The first-order chi connectivity index (χ1) is 21.3. The van der Waals surface area contributed by atoms with Gasteiger partial charge in [-0.15, -0.1) is 21.5 Å². The molecule has 1 atom stereocenters. The van der Waals surface area contributed by atoms with Crippen molar-refractivity contribution in [2.75, 3.05) is 26.1 Å². The van der Waals surface area contributed by atoms with Crippen LogP contribution < -0.4 is 20.1 Å². The summed E-state index contributed by atoms with van der Waals surface area (Å²) in [4.78, 5) is 40.4. The molecule has 0 bridgehead atoms. The number of carbonyl (C=O) groups is 3. The quantitative estimate of drug-likeness (QED) is 0.192. The molecule has 5 rings (SSSR count). The number of thiophene rings is 1. The van der Waals surface area contributed by atoms with Crippen LogP contribution in [0.1, 0.15) is 95.4 Å². The Kier molecular flexibility index (Phi) is 10.5. The molecule has 0 unspecified atom stereocenters. The fourth-order valence-electron chi connectivity index (χ4n) is 5.75. The van der Waals surface area contributed by atoms with E-state index >= 15 is 0 Å². The Morgan fingerprint density at radius 3 is 2.45 bits per heavy atom. The zero-order valence-electron chi connectivity index (χ0n) is 25.6. The second-order valence-corrected chi connectivity index (χ2v) is 13.3. The first-order valence-corrected chi connectivity index (χ1v) is 16.8. The molecule has 2 aromatic heterocycles. The van der Waals surface area contributed by atoms with E-state index in [-0.39, 0.29) is 31.0 Å². The lowest BCUT2D eigenvalue weighted by Crippen LogP contribution is -2.27. The predicted octanol–water partition coefficient (Wildman–Crippen LogP) is 5.58. The lowest BCUT2D eigenvalue weighted by atomic mass is 9.95. The van der Waals surface area contributed by atoms with Crippen LogP contribution in [0.4, 0.5) is 5.00 Å². The predicted molar refractivity (Wildman–Crippen MR) is 169 cm³/mol. The molecule has 236 valence electrons. The van der Waals surface area contributed by atoms with Crippen molar-refractivity contribution in [2.24, 2.45) is 0 Å². The normalized spacial score (nSPS) is 15.4. The number of carbonyl (C=O) groups excluding carboxylic acids is 3. The van der Waals surface area contributed by atoms with Crippen molar-refractivity contribution >= 4 is 45.9 Å². The number of anilines is 1. The molecular weight excluding hydrogens is 603 g/mol. The van der Waals surface area contributed by atoms with Crippen molar-refractivity contribution in [1.82, 2.24) is 20.1 Å². The maximum absolute atomic E-state index is 13.4. The molecule has 2 aliphatic rings. The number of hydrogen-bond donors (Lipinski definition) is 2. The summed E-state index contributed by atoms with van der Waals surface area (Å²) in [6.45, 7) is 4.05. The van der Waals surface area contributed by atoms with Gasteiger partial charge in [-0.3, -0.25) is 9.59 Å². The molecule has 44 heavy (non-hydrogen) atoms. The van der Waals surface area contributed by atoms with E-state index in [1.807, 2.05) is 6.92 Å². The van der Waals surface area contributed by atoms with Crippen LogP contribution in [0.3, 0.4) is 0 Å². The second-order valence-electron chi connectivity index (χ2n) is 10.9. The Labute approximate surface area is 265 Å². The molecule has 1 fully saturated rings. The number of ether oxygens (including phenoxy) is 3. The third-order valence-corrected chi connectivity index (χ3v) is 10.2. The summed E-state index contributed by atoms with van der Waals surface area (Å²) >= 11 is 2.79. The third-order valence-electron chi connectivity index (χ3n) is 7.98. The minimum atomic E-state index is -0.514. The summed E-state index contributed by atoms with van der Waals surface area (Å²) in [5.41, 5.74) is 1.90. The molecule has 2 heterocycles. The molecule has 1 aromatic carbocycles. The number of esters is 1. The van der Waals surface area contributed by atoms with Gasteiger partial charge in [0.1, 0.15) is 16.5 Å². The van der Waals surface area contributed by atoms with Crippen molar-refractivity contribution in [3.8, 4) is 11.5 Å². The maximum Gasteiger partial charge on any atom is 0.341 e. The summed E-state index contributed by atoms with van der Waals surface area (Å²) in [6, 6.07) is 5.19. The molecule has 0 aliphatic heterocycles. The van der Waals surface area contributed by atoms with Crippen LogP contribution in [0, 0.1) is 0 Å². The molecule has 0 spiro atoms. The zero-order valence-corrected chi connectivity index (χ0v) is 27.2. The summed E-state index contributed by atoms with van der Waals surface area (Å²) < 4.78 is 18.0. The minimum absolute atomic E-state index is 0.173. The first-order valence-electron chi connectivity index (χ1n) is 15.1. The Morgan fingerprint density at radius 2 is 1.77 bits per heavy atom. The van der Waals surface area contributed by atoms with Crippen molar-refractivity contribution in [2.45, 2.75) is 88.2 Å². The van der Waals surface area contributed by atoms with Gasteiger partial charge in [-0.25, -0.2) is 4.79 Å². The van der Waals surface area contributed by atoms with Crippen molar-refractivity contribution in [3.63, 3.8) is 0 Å². The number of thioether (sulfide) groups is 1. The van der Waals surface area contributed by atoms with E-state index in [4.69, 9.17) is 14.2 Å². The van der Waals surface area contributed by atoms with Gasteiger partial charge >= 0.3 is 5.97 Å². The lowest BCUT2D eigenvalue weighted by Gasteiger charge is -2.26. The summed E-state index contributed by atoms with van der Waals surface area (Å²) in [5, 5.41) is 15.6. The molecule has 3 aromatic rings. The van der Waals surface area contributed by atoms with Crippen molar-refractivity contribution < 1.29 is 28.6 Å². The van der Waals surface area contributed by atoms with Gasteiger partial charge in [0.25, 0.3) is 5.91 Å². The van der Waals surface area contributed by atoms with Gasteiger partial charge in [-0.2, -0.15) is 0 Å². The summed E-state index contributed by atoms with van der Waals surface area (Å²) in [6.07, 6.45) is 8.04. The van der Waals surface area contributed by atoms with E-state index in [0.717, 1.165) is 55.4 Å². The highest BCUT2D eigenvalue weighted by atomic mass is 32.2. The highest BCUT2D eigenvalue weighted by Crippen LogP contribution is 2.40. The first kappa shape index (κ1) is 31.8. The Hall–Kier alpha value is -3.58. The second kappa shape index (κ2) is 14.5. The molecule has 0 saturated heterocycles. The van der Waals surface area contributed by atoms with Gasteiger partial charge in [-0.1, -0.05) is 31.0 Å². The van der Waals surface area contributed by atoms with Crippen LogP contribution in [0.2, 0.25) is 0 Å². The number of amides is 2. The number of methoxy groups -OCH3 is 2. The molecular formula is C31H39N5O6S2. The zero-order chi connectivity index (χ0) is 31.2. The van der Waals surface area contributed by atoms with E-state index in [1.54, 1.807) is 25.1 Å². The van der Waals surface area contributed by atoms with E-state index in [0.29, 0.717) is 38.6 Å². The number of fused-ring (bicyclic) bond motifs is 1. The average Bonchev–Trinajstić information content (AvgIpc) is 3.74. The van der Waals surface area contributed by atoms with Crippen molar-refractivity contribution in [3.05, 3.63) is 45.6 Å². The molecule has 2 N–H and O–H groups in total. The molecule has 11 nitrogen and oxygen atoms in total. The van der Waals surface area contributed by atoms with Gasteiger partial charge < -0.3 is 29.4 Å². The fraction of sp³-hybridized carbons (Fsp3) is 0.516. The van der Waals surface area contributed by atoms with Crippen LogP contribution in [0.15, 0.2) is 23.4 Å². The van der Waals surface area contributed by atoms with Crippen LogP contribution in [-0.4, -0.2) is 58.6 Å². The number of rotatable bonds is 12. The molecule has 13 heteroatoms. The van der Waals surface area contributed by atoms with E-state index in [2.05, 4.69) is 25.4 Å². The fourth-order valence-corrected chi connectivity index (χ4v) is 7.97. The number of aromatic nitrogens is 3. The lowest BCUT2D eigenvalue weighted by molar-refractivity contribution is -0.115. The number of nitrogens with zero attached hydrogens (tertiary/aromatic N) is 3. The molecule has 0 radical (unpaired) electrons. The highest BCUT2D eigenvalue weighted by Gasteiger charge is 2.31. The molecule has 1 saturated carbocycles. The van der Waals surface area contributed by atoms with Crippen molar-refractivity contribution in [1.29, 1.82) is 0 Å². The number of hydrogen-bond acceptors (Lipinski definition) is 10. The third kappa shape index (κ3) is 7.04. The Bertz CT molecular complexity index is 1490. The topological polar surface area (TPSA) is 134 Å². The van der Waals surface area contributed by atoms with Crippen LogP contribution >= 0.6 is 23.1 Å². The van der Waals surface area contributed by atoms with Gasteiger partial charge in [0, 0.05) is 22.5 Å². The van der Waals surface area contributed by atoms with Gasteiger partial charge in [0.15, 0.2) is 11.0 Å². The average molecular weight is 642 g/mol. The van der Waals surface area contributed by atoms with Gasteiger partial charge in [0.2, 0.25) is 5.91 Å². The maximum atomic E-state index is 13.4. The van der Waals surface area contributed by atoms with Crippen LogP contribution in [-0.2, 0) is 28.9 Å². The van der Waals surface area contributed by atoms with E-state index in [9.17, 15) is 14.4 Å². The number of benzene rings is 1. The Balaban J connectivity index is 1.32. The summed E-state index contributed by atoms with van der Waals surface area (Å²) in [7, 11) is 3.07. The largest absolute Gasteiger partial charge is 0.497 e. The smallest absolute Gasteiger partial charge is 0.341 e. The Morgan fingerprint density at radius 1 is 1.05 bits per heavy atom. The number of nitrogens with one attached hydrogen (secondary N) is 2. The molecule has 2 amide bonds. The van der Waals surface area contributed by atoms with Gasteiger partial charge in [0.05, 0.1) is 38.2 Å².